The van der Waals surface area contributed by atoms with Crippen LogP contribution in [0.4, 0.5) is 13.2 Å². The quantitative estimate of drug-likeness (QED) is 0.491. The Balaban J connectivity index is 3.60. The van der Waals surface area contributed by atoms with Crippen molar-refractivity contribution in [1.82, 2.24) is 0 Å². The van der Waals surface area contributed by atoms with Gasteiger partial charge in [-0.1, -0.05) is 11.6 Å². The van der Waals surface area contributed by atoms with Gasteiger partial charge in [-0.2, -0.15) is 0 Å². The highest BCUT2D eigenvalue weighted by Gasteiger charge is 2.19. The molecule has 1 aromatic rings. The molecule has 0 aliphatic rings. The van der Waals surface area contributed by atoms with Crippen molar-refractivity contribution in [3.8, 4) is 0 Å². The van der Waals surface area contributed by atoms with Crippen LogP contribution in [0, 0.1) is 24.4 Å². The van der Waals surface area contributed by atoms with Crippen molar-refractivity contribution in [1.29, 1.82) is 0 Å². The fourth-order valence-electron chi connectivity index (χ4n) is 0.715. The average molecular weight is 259 g/mol. The molecule has 1 aromatic carbocycles. The normalized spacial score (nSPS) is 10.5. The first-order valence-corrected chi connectivity index (χ1v) is 4.12. The first-order valence-electron chi connectivity index (χ1n) is 2.94. The summed E-state index contributed by atoms with van der Waals surface area (Å²) in [6.07, 6.45) is 0. The fourth-order valence-corrected chi connectivity index (χ4v) is 1.56. The first-order chi connectivity index (χ1) is 5.46. The molecule has 0 fully saturated rings. The Labute approximate surface area is 80.5 Å². The van der Waals surface area contributed by atoms with E-state index in [0.717, 1.165) is 0 Å². The van der Waals surface area contributed by atoms with Crippen LogP contribution in [0.25, 0.3) is 0 Å². The number of hydrogen-bond acceptors (Lipinski definition) is 0. The predicted octanol–water partition coefficient (Wildman–Crippen LogP) is 3.83. The molecule has 66 valence electrons. The van der Waals surface area contributed by atoms with Crippen LogP contribution in [0.3, 0.4) is 0 Å². The van der Waals surface area contributed by atoms with Gasteiger partial charge in [0.1, 0.15) is 10.8 Å². The van der Waals surface area contributed by atoms with Crippen LogP contribution in [0.5, 0.6) is 0 Å². The summed E-state index contributed by atoms with van der Waals surface area (Å²) in [6.45, 7) is 1.18. The maximum absolute atomic E-state index is 12.8. The summed E-state index contributed by atoms with van der Waals surface area (Å²) in [5, 5.41) is -0.694. The monoisotopic (exact) mass is 258 g/mol. The molecule has 0 heterocycles. The van der Waals surface area contributed by atoms with Crippen molar-refractivity contribution in [2.45, 2.75) is 6.92 Å². The third-order valence-electron chi connectivity index (χ3n) is 1.43. The zero-order chi connectivity index (χ0) is 9.46. The van der Waals surface area contributed by atoms with E-state index in [-0.39, 0.29) is 5.56 Å². The highest BCUT2D eigenvalue weighted by Crippen LogP contribution is 2.31. The molecular weight excluding hydrogens is 256 g/mol. The zero-order valence-corrected chi connectivity index (χ0v) is 8.23. The minimum absolute atomic E-state index is 0.298. The molecule has 0 unspecified atom stereocenters. The molecule has 0 bridgehead atoms. The molecule has 0 nitrogen and oxygen atoms in total. The first kappa shape index (κ1) is 9.86. The predicted molar refractivity (Wildman–Crippen MR) is 43.8 cm³/mol. The molecule has 0 saturated carbocycles. The van der Waals surface area contributed by atoms with Gasteiger partial charge in [-0.25, -0.2) is 13.2 Å². The lowest BCUT2D eigenvalue weighted by Gasteiger charge is -2.04. The van der Waals surface area contributed by atoms with E-state index in [1.807, 2.05) is 0 Å². The molecular formula is C7H3BrClF3. The smallest absolute Gasteiger partial charge is 0.161 e. The number of rotatable bonds is 0. The van der Waals surface area contributed by atoms with E-state index in [1.54, 1.807) is 0 Å². The molecule has 0 saturated heterocycles. The van der Waals surface area contributed by atoms with E-state index in [1.165, 1.54) is 6.92 Å². The summed E-state index contributed by atoms with van der Waals surface area (Å²) in [4.78, 5) is 0. The molecule has 0 radical (unpaired) electrons. The second kappa shape index (κ2) is 3.26. The molecule has 0 N–H and O–H groups in total. The SMILES string of the molecule is Cc1c(F)c(Cl)c(F)c(Br)c1F. The van der Waals surface area contributed by atoms with Crippen molar-refractivity contribution in [3.05, 3.63) is 32.5 Å². The molecule has 0 spiro atoms. The summed E-state index contributed by atoms with van der Waals surface area (Å²) in [6, 6.07) is 0. The summed E-state index contributed by atoms with van der Waals surface area (Å²) in [5.74, 6) is -3.14. The minimum Gasteiger partial charge on any atom is -0.205 e. The lowest BCUT2D eigenvalue weighted by molar-refractivity contribution is 0.525. The van der Waals surface area contributed by atoms with Gasteiger partial charge in [0.15, 0.2) is 11.6 Å². The topological polar surface area (TPSA) is 0 Å². The van der Waals surface area contributed by atoms with Gasteiger partial charge in [-0.3, -0.25) is 0 Å². The van der Waals surface area contributed by atoms with Gasteiger partial charge in [0, 0.05) is 5.56 Å². The number of hydrogen-bond donors (Lipinski definition) is 0. The van der Waals surface area contributed by atoms with Gasteiger partial charge < -0.3 is 0 Å². The summed E-state index contributed by atoms with van der Waals surface area (Å²) in [7, 11) is 0. The van der Waals surface area contributed by atoms with E-state index < -0.39 is 26.9 Å². The second-order valence-electron chi connectivity index (χ2n) is 2.19. The largest absolute Gasteiger partial charge is 0.205 e. The van der Waals surface area contributed by atoms with E-state index in [9.17, 15) is 13.2 Å². The average Bonchev–Trinajstić information content (AvgIpc) is 2.08. The molecule has 12 heavy (non-hydrogen) atoms. The Morgan fingerprint density at radius 1 is 1.08 bits per heavy atom. The minimum atomic E-state index is -1.11. The van der Waals surface area contributed by atoms with Crippen LogP contribution in [0.2, 0.25) is 5.02 Å². The maximum atomic E-state index is 12.8. The Morgan fingerprint density at radius 2 is 1.58 bits per heavy atom. The van der Waals surface area contributed by atoms with Gasteiger partial charge in [-0.15, -0.1) is 0 Å². The van der Waals surface area contributed by atoms with Crippen molar-refractivity contribution >= 4 is 27.5 Å². The Morgan fingerprint density at radius 3 is 2.08 bits per heavy atom. The van der Waals surface area contributed by atoms with Crippen molar-refractivity contribution in [2.24, 2.45) is 0 Å². The summed E-state index contributed by atoms with van der Waals surface area (Å²) >= 11 is 7.83. The standard InChI is InChI=1S/C7H3BrClF3/c1-2-5(10)3(8)7(12)4(9)6(2)11/h1H3. The van der Waals surface area contributed by atoms with Gasteiger partial charge >= 0.3 is 0 Å². The van der Waals surface area contributed by atoms with E-state index in [4.69, 9.17) is 11.6 Å². The molecule has 0 aliphatic heterocycles. The lowest BCUT2D eigenvalue weighted by atomic mass is 10.2. The van der Waals surface area contributed by atoms with Crippen LogP contribution in [-0.4, -0.2) is 0 Å². The van der Waals surface area contributed by atoms with Crippen molar-refractivity contribution in [3.63, 3.8) is 0 Å². The van der Waals surface area contributed by atoms with Gasteiger partial charge in [0.05, 0.1) is 4.47 Å². The number of halogens is 5. The fraction of sp³-hybridized carbons (Fsp3) is 0.143. The molecule has 1 rings (SSSR count). The highest BCUT2D eigenvalue weighted by molar-refractivity contribution is 9.10. The highest BCUT2D eigenvalue weighted by atomic mass is 79.9. The van der Waals surface area contributed by atoms with Gasteiger partial charge in [-0.05, 0) is 22.9 Å². The van der Waals surface area contributed by atoms with Crippen molar-refractivity contribution in [2.75, 3.05) is 0 Å². The van der Waals surface area contributed by atoms with E-state index in [2.05, 4.69) is 15.9 Å². The second-order valence-corrected chi connectivity index (χ2v) is 3.37. The third kappa shape index (κ3) is 1.33. The summed E-state index contributed by atoms with van der Waals surface area (Å²) in [5.41, 5.74) is -0.298. The molecule has 0 aromatic heterocycles. The molecule has 0 atom stereocenters. The molecule has 0 amide bonds. The maximum Gasteiger partial charge on any atom is 0.161 e. The van der Waals surface area contributed by atoms with Crippen LogP contribution in [0.1, 0.15) is 5.56 Å². The third-order valence-corrected chi connectivity index (χ3v) is 2.46. The van der Waals surface area contributed by atoms with Gasteiger partial charge in [0.2, 0.25) is 0 Å². The van der Waals surface area contributed by atoms with Crippen LogP contribution >= 0.6 is 27.5 Å². The van der Waals surface area contributed by atoms with Gasteiger partial charge in [0.25, 0.3) is 0 Å². The van der Waals surface area contributed by atoms with E-state index >= 15 is 0 Å². The number of benzene rings is 1. The van der Waals surface area contributed by atoms with Crippen LogP contribution in [0.15, 0.2) is 4.47 Å². The van der Waals surface area contributed by atoms with Crippen LogP contribution < -0.4 is 0 Å². The Bertz CT molecular complexity index is 233. The summed E-state index contributed by atoms with van der Waals surface area (Å²) < 4.78 is 38.0. The van der Waals surface area contributed by atoms with Crippen molar-refractivity contribution < 1.29 is 13.2 Å². The lowest BCUT2D eigenvalue weighted by Crippen LogP contribution is -1.96. The molecule has 0 aliphatic carbocycles. The molecule has 5 heteroatoms. The van der Waals surface area contributed by atoms with E-state index in [0.29, 0.717) is 0 Å². The zero-order valence-electron chi connectivity index (χ0n) is 5.89. The van der Waals surface area contributed by atoms with Crippen LogP contribution in [-0.2, 0) is 0 Å². The Hall–Kier alpha value is -0.220. The Kier molecular flexibility index (Phi) is 2.68.